The average molecular weight is 958 g/mol. The molecule has 3 atom stereocenters. The molecular formula is C67H68BN3S. The third kappa shape index (κ3) is 8.44. The van der Waals surface area contributed by atoms with Gasteiger partial charge in [-0.2, -0.15) is 0 Å². The van der Waals surface area contributed by atoms with Crippen LogP contribution < -0.4 is 30.4 Å². The van der Waals surface area contributed by atoms with Gasteiger partial charge in [-0.15, -0.1) is 11.3 Å². The first-order valence-corrected chi connectivity index (χ1v) is 27.9. The van der Waals surface area contributed by atoms with Gasteiger partial charge in [-0.05, 0) is 156 Å². The van der Waals surface area contributed by atoms with Crippen LogP contribution >= 0.6 is 11.3 Å². The highest BCUT2D eigenvalue weighted by Gasteiger charge is 2.46. The number of thiophene rings is 1. The van der Waals surface area contributed by atoms with Gasteiger partial charge in [0.25, 0.3) is 6.71 Å². The van der Waals surface area contributed by atoms with Gasteiger partial charge in [0.15, 0.2) is 0 Å². The summed E-state index contributed by atoms with van der Waals surface area (Å²) in [7, 11) is 0. The molecule has 72 heavy (non-hydrogen) atoms. The maximum absolute atomic E-state index is 2.69. The van der Waals surface area contributed by atoms with Gasteiger partial charge < -0.3 is 14.7 Å². The average Bonchev–Trinajstić information content (AvgIpc) is 3.82. The van der Waals surface area contributed by atoms with E-state index in [2.05, 4.69) is 256 Å². The predicted molar refractivity (Wildman–Crippen MR) is 315 cm³/mol. The number of anilines is 9. The van der Waals surface area contributed by atoms with E-state index in [-0.39, 0.29) is 6.71 Å². The van der Waals surface area contributed by atoms with Gasteiger partial charge in [0, 0.05) is 60.2 Å². The van der Waals surface area contributed by atoms with Crippen LogP contribution in [-0.2, 0) is 0 Å². The molecule has 0 spiro atoms. The Kier molecular flexibility index (Phi) is 13.7. The van der Waals surface area contributed by atoms with Crippen molar-refractivity contribution in [2.45, 2.75) is 111 Å². The first kappa shape index (κ1) is 47.5. The lowest BCUT2D eigenvalue weighted by Crippen LogP contribution is -2.60. The number of benzene rings is 8. The minimum Gasteiger partial charge on any atom is -0.311 e. The zero-order valence-electron chi connectivity index (χ0n) is 43.1. The monoisotopic (exact) mass is 958 g/mol. The highest BCUT2D eigenvalue weighted by Crippen LogP contribution is 2.52. The molecular weight excluding hydrogens is 890 g/mol. The summed E-state index contributed by atoms with van der Waals surface area (Å²) in [5.74, 6) is 1.51. The molecule has 2 aliphatic heterocycles. The van der Waals surface area contributed by atoms with Crippen LogP contribution in [0.1, 0.15) is 127 Å². The third-order valence-corrected chi connectivity index (χ3v) is 17.2. The Bertz CT molecular complexity index is 3270. The van der Waals surface area contributed by atoms with Gasteiger partial charge in [-0.25, -0.2) is 0 Å². The molecule has 360 valence electrons. The molecule has 3 unspecified atom stereocenters. The summed E-state index contributed by atoms with van der Waals surface area (Å²) in [5.41, 5.74) is 20.4. The largest absolute Gasteiger partial charge is 0.311 e. The second-order valence-electron chi connectivity index (χ2n) is 20.3. The number of fused-ring (bicyclic) bond motifs is 6. The van der Waals surface area contributed by atoms with Crippen molar-refractivity contribution in [3.63, 3.8) is 0 Å². The van der Waals surface area contributed by atoms with Crippen molar-refractivity contribution in [3.8, 4) is 11.1 Å². The molecule has 0 N–H and O–H groups in total. The number of para-hydroxylation sites is 2. The van der Waals surface area contributed by atoms with Gasteiger partial charge in [0.1, 0.15) is 0 Å². The molecule has 2 aliphatic rings. The van der Waals surface area contributed by atoms with E-state index in [1.54, 1.807) is 0 Å². The zero-order valence-corrected chi connectivity index (χ0v) is 43.9. The maximum Gasteiger partial charge on any atom is 0.264 e. The Morgan fingerprint density at radius 2 is 1.11 bits per heavy atom. The van der Waals surface area contributed by atoms with Crippen molar-refractivity contribution in [1.82, 2.24) is 0 Å². The van der Waals surface area contributed by atoms with Crippen molar-refractivity contribution in [2.75, 3.05) is 14.7 Å². The molecule has 3 nitrogen and oxygen atoms in total. The first-order chi connectivity index (χ1) is 35.5. The van der Waals surface area contributed by atoms with Gasteiger partial charge in [-0.1, -0.05) is 176 Å². The molecule has 0 saturated carbocycles. The zero-order chi connectivity index (χ0) is 49.3. The lowest BCUT2D eigenvalue weighted by Gasteiger charge is -2.44. The molecule has 0 fully saturated rings. The first-order valence-electron chi connectivity index (χ1n) is 27.1. The van der Waals surface area contributed by atoms with Gasteiger partial charge in [-0.3, -0.25) is 0 Å². The van der Waals surface area contributed by atoms with Crippen LogP contribution in [-0.4, -0.2) is 6.71 Å². The van der Waals surface area contributed by atoms with Crippen molar-refractivity contribution >= 4 is 95.0 Å². The van der Waals surface area contributed by atoms with Crippen molar-refractivity contribution in [1.29, 1.82) is 0 Å². The van der Waals surface area contributed by atoms with E-state index in [0.29, 0.717) is 17.8 Å². The van der Waals surface area contributed by atoms with Crippen LogP contribution in [0.4, 0.5) is 51.2 Å². The van der Waals surface area contributed by atoms with E-state index in [0.717, 1.165) is 29.9 Å². The second-order valence-corrected chi connectivity index (χ2v) is 21.4. The lowest BCUT2D eigenvalue weighted by atomic mass is 9.36. The molecule has 0 saturated heterocycles. The summed E-state index contributed by atoms with van der Waals surface area (Å²) in [5, 5.41) is 1.36. The SMILES string of the molecule is CCCC(C)c1ccc(N2c3cc(N(c4ccccc4)c4ccccc4)ccc3B3c4sc5c(C(CC)CCC)cccc5c4N(c4ccc(C(CC)CCC)cc4-c4ccccc4)c4cccc2c43)cc1. The topological polar surface area (TPSA) is 9.72 Å². The lowest BCUT2D eigenvalue weighted by molar-refractivity contribution is 0.596. The number of nitrogens with zero attached hydrogens (tertiary/aromatic N) is 3. The van der Waals surface area contributed by atoms with Gasteiger partial charge in [0.05, 0.1) is 11.4 Å². The van der Waals surface area contributed by atoms with Crippen LogP contribution in [0.3, 0.4) is 0 Å². The highest BCUT2D eigenvalue weighted by molar-refractivity contribution is 7.34. The smallest absolute Gasteiger partial charge is 0.264 e. The van der Waals surface area contributed by atoms with Crippen molar-refractivity contribution < 1.29 is 0 Å². The van der Waals surface area contributed by atoms with Gasteiger partial charge >= 0.3 is 0 Å². The second kappa shape index (κ2) is 20.7. The van der Waals surface area contributed by atoms with E-state index in [4.69, 9.17) is 0 Å². The standard InChI is InChI=1S/C67H68BN3S/c1-7-23-46(6)49-36-39-54(40-37-49)70-61-34-22-35-62-64(61)68(59-42-41-55(45-63(59)70)69(52-28-17-13-18-29-52)53-30-19-14-20-31-53)67-65(57-33-21-32-56(66(57)72-67)48(11-5)25-9-3)71(62)60-43-38-51(47(10-4)24-8-2)44-58(60)50-26-15-12-16-27-50/h12-22,26-48H,7-11,23-25H2,1-6H3. The molecule has 1 aromatic heterocycles. The molecule has 0 radical (unpaired) electrons. The fourth-order valence-corrected chi connectivity index (χ4v) is 13.8. The van der Waals surface area contributed by atoms with Crippen molar-refractivity contribution in [2.24, 2.45) is 0 Å². The highest BCUT2D eigenvalue weighted by atomic mass is 32.1. The van der Waals surface area contributed by atoms with Crippen molar-refractivity contribution in [3.05, 3.63) is 205 Å². The summed E-state index contributed by atoms with van der Waals surface area (Å²) >= 11 is 2.06. The summed E-state index contributed by atoms with van der Waals surface area (Å²) in [6.45, 7) is 14.1. The third-order valence-electron chi connectivity index (χ3n) is 15.9. The Morgan fingerprint density at radius 3 is 1.76 bits per heavy atom. The number of rotatable bonds is 17. The molecule has 5 heteroatoms. The van der Waals surface area contributed by atoms with E-state index < -0.39 is 0 Å². The van der Waals surface area contributed by atoms with Crippen LogP contribution in [0.25, 0.3) is 21.2 Å². The fourth-order valence-electron chi connectivity index (χ4n) is 12.3. The summed E-state index contributed by atoms with van der Waals surface area (Å²) in [6.07, 6.45) is 9.30. The van der Waals surface area contributed by atoms with E-state index in [1.165, 1.54) is 126 Å². The van der Waals surface area contributed by atoms with Crippen LogP contribution in [0.2, 0.25) is 0 Å². The van der Waals surface area contributed by atoms with Crippen LogP contribution in [0.5, 0.6) is 0 Å². The molecule has 0 bridgehead atoms. The molecule has 3 heterocycles. The van der Waals surface area contributed by atoms with Crippen LogP contribution in [0.15, 0.2) is 188 Å². The number of hydrogen-bond donors (Lipinski definition) is 0. The summed E-state index contributed by atoms with van der Waals surface area (Å²) in [6, 6.07) is 71.6. The van der Waals surface area contributed by atoms with E-state index >= 15 is 0 Å². The Labute approximate surface area is 433 Å². The van der Waals surface area contributed by atoms with E-state index in [1.807, 2.05) is 0 Å². The summed E-state index contributed by atoms with van der Waals surface area (Å²) in [4.78, 5) is 7.70. The molecule has 8 aromatic carbocycles. The minimum atomic E-state index is 0.0125. The molecule has 9 aromatic rings. The molecule has 11 rings (SSSR count). The minimum absolute atomic E-state index is 0.0125. The predicted octanol–water partition coefficient (Wildman–Crippen LogP) is 18.6. The molecule has 0 aliphatic carbocycles. The maximum atomic E-state index is 2.69. The van der Waals surface area contributed by atoms with Gasteiger partial charge in [0.2, 0.25) is 0 Å². The normalized spacial score (nSPS) is 13.9. The Balaban J connectivity index is 1.21. The summed E-state index contributed by atoms with van der Waals surface area (Å²) < 4.78 is 2.86. The molecule has 0 amide bonds. The number of hydrogen-bond acceptors (Lipinski definition) is 4. The Morgan fingerprint density at radius 1 is 0.500 bits per heavy atom. The van der Waals surface area contributed by atoms with E-state index in [9.17, 15) is 0 Å². The van der Waals surface area contributed by atoms with Crippen LogP contribution in [0, 0.1) is 0 Å². The Hall–Kier alpha value is -6.82. The fraction of sp³-hybridized carbons (Fsp3) is 0.254. The quantitative estimate of drug-likeness (QED) is 0.0842.